The molecule has 1 unspecified atom stereocenters. The molecule has 1 fully saturated rings. The highest BCUT2D eigenvalue weighted by molar-refractivity contribution is 9.10. The van der Waals surface area contributed by atoms with Gasteiger partial charge in [-0.3, -0.25) is 14.5 Å². The summed E-state index contributed by atoms with van der Waals surface area (Å²) in [5, 5.41) is 9.02. The molecule has 0 spiro atoms. The van der Waals surface area contributed by atoms with E-state index in [1.807, 2.05) is 0 Å². The van der Waals surface area contributed by atoms with Crippen LogP contribution in [-0.2, 0) is 22.6 Å². The van der Waals surface area contributed by atoms with Crippen molar-refractivity contribution in [3.63, 3.8) is 0 Å². The van der Waals surface area contributed by atoms with Gasteiger partial charge in [0.05, 0.1) is 6.54 Å². The summed E-state index contributed by atoms with van der Waals surface area (Å²) in [6, 6.07) is 12.2. The van der Waals surface area contributed by atoms with Crippen LogP contribution in [0.5, 0.6) is 5.75 Å². The highest BCUT2D eigenvalue weighted by atomic mass is 79.9. The van der Waals surface area contributed by atoms with Crippen molar-refractivity contribution in [3.05, 3.63) is 63.1 Å². The molecule has 29 heavy (non-hydrogen) atoms. The van der Waals surface area contributed by atoms with E-state index in [2.05, 4.69) is 15.9 Å². The molecule has 1 atom stereocenters. The van der Waals surface area contributed by atoms with E-state index in [0.29, 0.717) is 21.9 Å². The highest BCUT2D eigenvalue weighted by Crippen LogP contribution is 2.42. The van der Waals surface area contributed by atoms with Crippen molar-refractivity contribution in [2.24, 2.45) is 0 Å². The first kappa shape index (κ1) is 21.7. The molecule has 0 aliphatic carbocycles. The van der Waals surface area contributed by atoms with Crippen LogP contribution in [0.25, 0.3) is 0 Å². The molecule has 3 rings (SSSR count). The third kappa shape index (κ3) is 4.94. The van der Waals surface area contributed by atoms with Gasteiger partial charge in [-0.2, -0.15) is 0 Å². The number of amides is 2. The minimum atomic E-state index is -1.10. The zero-order valence-corrected chi connectivity index (χ0v) is 18.5. The van der Waals surface area contributed by atoms with Crippen LogP contribution in [0.2, 0.25) is 5.02 Å². The van der Waals surface area contributed by atoms with Gasteiger partial charge < -0.3 is 9.84 Å². The van der Waals surface area contributed by atoms with E-state index in [1.54, 1.807) is 49.4 Å². The monoisotopic (exact) mass is 497 g/mol. The molecule has 2 aromatic rings. The number of rotatable bonds is 7. The minimum absolute atomic E-state index is 0.0980. The maximum Gasteiger partial charge on any atom is 0.341 e. The van der Waals surface area contributed by atoms with Crippen LogP contribution in [0.1, 0.15) is 18.1 Å². The van der Waals surface area contributed by atoms with Crippen LogP contribution in [0.4, 0.5) is 4.79 Å². The van der Waals surface area contributed by atoms with E-state index >= 15 is 0 Å². The van der Waals surface area contributed by atoms with Gasteiger partial charge in [0.25, 0.3) is 5.24 Å². The van der Waals surface area contributed by atoms with Crippen LogP contribution in [0, 0.1) is 0 Å². The normalized spacial score (nSPS) is 18.9. The molecule has 152 valence electrons. The zero-order chi connectivity index (χ0) is 21.2. The number of hydrogen-bond acceptors (Lipinski definition) is 5. The highest BCUT2D eigenvalue weighted by Gasteiger charge is 2.49. The Labute approximate surface area is 185 Å². The number of carboxylic acid groups (broad SMARTS) is 1. The van der Waals surface area contributed by atoms with Gasteiger partial charge >= 0.3 is 5.97 Å². The lowest BCUT2D eigenvalue weighted by atomic mass is 9.98. The maximum absolute atomic E-state index is 13.1. The second kappa shape index (κ2) is 8.77. The Hall–Kier alpha value is -2.03. The van der Waals surface area contributed by atoms with Gasteiger partial charge in [-0.15, -0.1) is 0 Å². The lowest BCUT2D eigenvalue weighted by Gasteiger charge is -2.22. The standard InChI is InChI=1S/C20H17BrClNO5S/c1-20(9-13-8-14(21)6-7-16(13)28-11-17(24)25)18(26)23(19(27)29-20)10-12-4-2-3-5-15(12)22/h2-8H,9-11H2,1H3,(H,24,25). The maximum atomic E-state index is 13.1. The third-order valence-corrected chi connectivity index (χ3v) is 6.44. The molecule has 0 radical (unpaired) electrons. The Morgan fingerprint density at radius 2 is 1.97 bits per heavy atom. The van der Waals surface area contributed by atoms with Crippen LogP contribution < -0.4 is 4.74 Å². The summed E-state index contributed by atoms with van der Waals surface area (Å²) in [4.78, 5) is 37.7. The van der Waals surface area contributed by atoms with Gasteiger partial charge in [-0.05, 0) is 60.5 Å². The second-order valence-electron chi connectivity index (χ2n) is 6.69. The third-order valence-electron chi connectivity index (χ3n) is 4.42. The lowest BCUT2D eigenvalue weighted by Crippen LogP contribution is -2.38. The molecule has 2 amide bonds. The first-order chi connectivity index (χ1) is 13.7. The summed E-state index contributed by atoms with van der Waals surface area (Å²) in [7, 11) is 0. The van der Waals surface area contributed by atoms with E-state index in [4.69, 9.17) is 21.4 Å². The Morgan fingerprint density at radius 3 is 2.66 bits per heavy atom. The summed E-state index contributed by atoms with van der Waals surface area (Å²) in [6.45, 7) is 1.30. The molecule has 9 heteroatoms. The molecule has 6 nitrogen and oxygen atoms in total. The first-order valence-corrected chi connectivity index (χ1v) is 10.6. The number of hydrogen-bond donors (Lipinski definition) is 1. The van der Waals surface area contributed by atoms with Crippen molar-refractivity contribution < 1.29 is 24.2 Å². The quantitative estimate of drug-likeness (QED) is 0.592. The summed E-state index contributed by atoms with van der Waals surface area (Å²) in [6.07, 6.45) is 0.204. The van der Waals surface area contributed by atoms with Gasteiger partial charge in [0.15, 0.2) is 6.61 Å². The molecule has 1 saturated heterocycles. The molecule has 0 aromatic heterocycles. The predicted molar refractivity (Wildman–Crippen MR) is 114 cm³/mol. The van der Waals surface area contributed by atoms with Crippen molar-refractivity contribution in [2.75, 3.05) is 6.61 Å². The molecule has 1 N–H and O–H groups in total. The average Bonchev–Trinajstić information content (AvgIpc) is 2.85. The molecule has 0 saturated carbocycles. The summed E-state index contributed by atoms with van der Waals surface area (Å²) >= 11 is 10.5. The number of carbonyl (C=O) groups is 3. The van der Waals surface area contributed by atoms with Crippen LogP contribution >= 0.6 is 39.3 Å². The van der Waals surface area contributed by atoms with Gasteiger partial charge in [-0.1, -0.05) is 45.7 Å². The largest absolute Gasteiger partial charge is 0.482 e. The zero-order valence-electron chi connectivity index (χ0n) is 15.4. The Balaban J connectivity index is 1.83. The van der Waals surface area contributed by atoms with E-state index < -0.39 is 17.3 Å². The topological polar surface area (TPSA) is 83.9 Å². The number of benzene rings is 2. The number of imide groups is 1. The van der Waals surface area contributed by atoms with Crippen molar-refractivity contribution >= 4 is 56.4 Å². The molecule has 1 aliphatic rings. The van der Waals surface area contributed by atoms with Crippen LogP contribution in [0.15, 0.2) is 46.9 Å². The number of aliphatic carboxylic acids is 1. The van der Waals surface area contributed by atoms with Gasteiger partial charge in [0.1, 0.15) is 10.5 Å². The van der Waals surface area contributed by atoms with Crippen LogP contribution in [-0.4, -0.2) is 38.5 Å². The molecular weight excluding hydrogens is 482 g/mol. The van der Waals surface area contributed by atoms with E-state index in [-0.39, 0.29) is 24.1 Å². The van der Waals surface area contributed by atoms with Crippen LogP contribution in [0.3, 0.4) is 0 Å². The van der Waals surface area contributed by atoms with Crippen molar-refractivity contribution in [1.82, 2.24) is 4.90 Å². The van der Waals surface area contributed by atoms with Gasteiger partial charge in [0, 0.05) is 9.50 Å². The molecule has 1 aliphatic heterocycles. The Bertz CT molecular complexity index is 985. The predicted octanol–water partition coefficient (Wildman–Crippen LogP) is 4.76. The first-order valence-electron chi connectivity index (χ1n) is 8.61. The lowest BCUT2D eigenvalue weighted by molar-refractivity contribution is -0.139. The number of thioether (sulfide) groups is 1. The number of ether oxygens (including phenoxy) is 1. The van der Waals surface area contributed by atoms with Crippen molar-refractivity contribution in [2.45, 2.75) is 24.6 Å². The fraction of sp³-hybridized carbons (Fsp3) is 0.250. The number of carboxylic acids is 1. The SMILES string of the molecule is CC1(Cc2cc(Br)ccc2OCC(=O)O)SC(=O)N(Cc2ccccc2Cl)C1=O. The average molecular weight is 499 g/mol. The Morgan fingerprint density at radius 1 is 1.24 bits per heavy atom. The summed E-state index contributed by atoms with van der Waals surface area (Å²) < 4.78 is 5.07. The van der Waals surface area contributed by atoms with E-state index in [9.17, 15) is 14.4 Å². The molecule has 0 bridgehead atoms. The smallest absolute Gasteiger partial charge is 0.341 e. The molecule has 1 heterocycles. The summed E-state index contributed by atoms with van der Waals surface area (Å²) in [5.74, 6) is -1.06. The number of carbonyl (C=O) groups excluding carboxylic acids is 2. The number of nitrogens with zero attached hydrogens (tertiary/aromatic N) is 1. The Kier molecular flexibility index (Phi) is 6.55. The number of halogens is 2. The fourth-order valence-corrected chi connectivity index (χ4v) is 4.71. The van der Waals surface area contributed by atoms with Crippen molar-refractivity contribution in [1.29, 1.82) is 0 Å². The van der Waals surface area contributed by atoms with E-state index in [1.165, 1.54) is 4.90 Å². The van der Waals surface area contributed by atoms with E-state index in [0.717, 1.165) is 16.2 Å². The molecule has 2 aromatic carbocycles. The minimum Gasteiger partial charge on any atom is -0.482 e. The summed E-state index contributed by atoms with van der Waals surface area (Å²) in [5.41, 5.74) is 1.32. The van der Waals surface area contributed by atoms with Gasteiger partial charge in [0.2, 0.25) is 5.91 Å². The molecular formula is C20H17BrClNO5S. The van der Waals surface area contributed by atoms with Crippen molar-refractivity contribution in [3.8, 4) is 5.75 Å². The second-order valence-corrected chi connectivity index (χ2v) is 9.47. The van der Waals surface area contributed by atoms with Gasteiger partial charge in [-0.25, -0.2) is 4.79 Å². The fourth-order valence-electron chi connectivity index (χ4n) is 3.03.